The van der Waals surface area contributed by atoms with Crippen molar-refractivity contribution in [2.45, 2.75) is 19.5 Å². The minimum absolute atomic E-state index is 0.0851. The second-order valence-corrected chi connectivity index (χ2v) is 5.91. The van der Waals surface area contributed by atoms with Crippen LogP contribution < -0.4 is 5.32 Å². The molecule has 3 aromatic rings. The first-order chi connectivity index (χ1) is 10.3. The zero-order valence-corrected chi connectivity index (χ0v) is 12.5. The lowest BCUT2D eigenvalue weighted by Gasteiger charge is -2.25. The molecule has 1 atom stereocenters. The Kier molecular flexibility index (Phi) is 3.05. The van der Waals surface area contributed by atoms with Gasteiger partial charge < -0.3 is 9.88 Å². The fourth-order valence-electron chi connectivity index (χ4n) is 2.77. The Morgan fingerprint density at radius 3 is 2.86 bits per heavy atom. The van der Waals surface area contributed by atoms with E-state index in [1.54, 1.807) is 11.3 Å². The number of fused-ring (bicyclic) bond motifs is 1. The van der Waals surface area contributed by atoms with Gasteiger partial charge in [0.2, 0.25) is 0 Å². The standard InChI is InChI=1S/C15H15N5S/c1-10-8-21-9-12(10)14-18-19-15-13(17-6-7-20(14)15)11-2-4-16-5-3-11/h2-5,8-9,13,17H,6-7H2,1H3. The van der Waals surface area contributed by atoms with E-state index in [1.165, 1.54) is 16.7 Å². The SMILES string of the molecule is Cc1cscc1-c1nnc2n1CCNC2c1ccncc1. The quantitative estimate of drug-likeness (QED) is 0.789. The molecule has 4 heterocycles. The number of hydrogen-bond acceptors (Lipinski definition) is 5. The van der Waals surface area contributed by atoms with Crippen LogP contribution in [0.1, 0.15) is 23.0 Å². The van der Waals surface area contributed by atoms with Gasteiger partial charge in [0, 0.05) is 36.4 Å². The fraction of sp³-hybridized carbons (Fsp3) is 0.267. The van der Waals surface area contributed by atoms with E-state index in [4.69, 9.17) is 0 Å². The predicted molar refractivity (Wildman–Crippen MR) is 82.2 cm³/mol. The van der Waals surface area contributed by atoms with E-state index in [1.807, 2.05) is 24.5 Å². The Balaban J connectivity index is 1.81. The van der Waals surface area contributed by atoms with Crippen LogP contribution >= 0.6 is 11.3 Å². The van der Waals surface area contributed by atoms with E-state index in [9.17, 15) is 0 Å². The maximum absolute atomic E-state index is 4.45. The van der Waals surface area contributed by atoms with Gasteiger partial charge in [0.05, 0.1) is 6.04 Å². The van der Waals surface area contributed by atoms with Gasteiger partial charge in [-0.25, -0.2) is 0 Å². The highest BCUT2D eigenvalue weighted by molar-refractivity contribution is 7.08. The van der Waals surface area contributed by atoms with Gasteiger partial charge in [-0.3, -0.25) is 4.98 Å². The number of aryl methyl sites for hydroxylation is 1. The van der Waals surface area contributed by atoms with Crippen molar-refractivity contribution in [1.29, 1.82) is 0 Å². The van der Waals surface area contributed by atoms with Crippen LogP contribution in [0.15, 0.2) is 35.3 Å². The second kappa shape index (κ2) is 5.05. The summed E-state index contributed by atoms with van der Waals surface area (Å²) in [5.41, 5.74) is 3.62. The molecule has 6 heteroatoms. The van der Waals surface area contributed by atoms with Crippen molar-refractivity contribution >= 4 is 11.3 Å². The highest BCUT2D eigenvalue weighted by atomic mass is 32.1. The van der Waals surface area contributed by atoms with E-state index in [0.29, 0.717) is 0 Å². The van der Waals surface area contributed by atoms with Crippen molar-refractivity contribution in [3.8, 4) is 11.4 Å². The van der Waals surface area contributed by atoms with Crippen LogP contribution in [0.4, 0.5) is 0 Å². The zero-order valence-electron chi connectivity index (χ0n) is 11.7. The molecule has 1 N–H and O–H groups in total. The minimum atomic E-state index is 0.0851. The molecule has 0 saturated heterocycles. The summed E-state index contributed by atoms with van der Waals surface area (Å²) >= 11 is 1.71. The molecule has 1 unspecified atom stereocenters. The van der Waals surface area contributed by atoms with E-state index in [0.717, 1.165) is 24.7 Å². The van der Waals surface area contributed by atoms with Crippen LogP contribution in [0.5, 0.6) is 0 Å². The molecule has 106 valence electrons. The number of rotatable bonds is 2. The van der Waals surface area contributed by atoms with Gasteiger partial charge in [-0.1, -0.05) is 0 Å². The van der Waals surface area contributed by atoms with Crippen molar-refractivity contribution in [1.82, 2.24) is 25.1 Å². The number of aromatic nitrogens is 4. The Hall–Kier alpha value is -2.05. The molecule has 0 saturated carbocycles. The molecule has 21 heavy (non-hydrogen) atoms. The third-order valence-corrected chi connectivity index (χ3v) is 4.72. The van der Waals surface area contributed by atoms with Gasteiger partial charge >= 0.3 is 0 Å². The normalized spacial score (nSPS) is 17.7. The number of hydrogen-bond donors (Lipinski definition) is 1. The van der Waals surface area contributed by atoms with Gasteiger partial charge in [-0.15, -0.1) is 10.2 Å². The monoisotopic (exact) mass is 297 g/mol. The summed E-state index contributed by atoms with van der Waals surface area (Å²) < 4.78 is 2.23. The van der Waals surface area contributed by atoms with E-state index in [2.05, 4.69) is 42.7 Å². The maximum atomic E-state index is 4.45. The number of nitrogens with one attached hydrogen (secondary N) is 1. The van der Waals surface area contributed by atoms with Crippen LogP contribution in [-0.2, 0) is 6.54 Å². The highest BCUT2D eigenvalue weighted by Gasteiger charge is 2.27. The first-order valence-corrected chi connectivity index (χ1v) is 7.88. The molecule has 0 fully saturated rings. The lowest BCUT2D eigenvalue weighted by atomic mass is 10.1. The van der Waals surface area contributed by atoms with Crippen molar-refractivity contribution in [3.05, 3.63) is 52.2 Å². The molecule has 0 spiro atoms. The van der Waals surface area contributed by atoms with Gasteiger partial charge in [0.25, 0.3) is 0 Å². The number of nitrogens with zero attached hydrogens (tertiary/aromatic N) is 4. The summed E-state index contributed by atoms with van der Waals surface area (Å²) in [6.45, 7) is 3.93. The molecule has 0 radical (unpaired) electrons. The third kappa shape index (κ3) is 2.07. The van der Waals surface area contributed by atoms with Gasteiger partial charge in [0.15, 0.2) is 11.6 Å². The van der Waals surface area contributed by atoms with Crippen molar-refractivity contribution in [2.24, 2.45) is 0 Å². The largest absolute Gasteiger partial charge is 0.308 e. The van der Waals surface area contributed by atoms with E-state index in [-0.39, 0.29) is 6.04 Å². The van der Waals surface area contributed by atoms with Gasteiger partial charge in [-0.2, -0.15) is 11.3 Å². The molecular formula is C15H15N5S. The van der Waals surface area contributed by atoms with Crippen LogP contribution in [0, 0.1) is 6.92 Å². The minimum Gasteiger partial charge on any atom is -0.308 e. The Morgan fingerprint density at radius 1 is 1.24 bits per heavy atom. The zero-order chi connectivity index (χ0) is 14.2. The van der Waals surface area contributed by atoms with E-state index >= 15 is 0 Å². The van der Waals surface area contributed by atoms with Crippen molar-refractivity contribution in [3.63, 3.8) is 0 Å². The second-order valence-electron chi connectivity index (χ2n) is 5.17. The van der Waals surface area contributed by atoms with Crippen LogP contribution in [0.25, 0.3) is 11.4 Å². The first-order valence-electron chi connectivity index (χ1n) is 6.94. The molecule has 5 nitrogen and oxygen atoms in total. The third-order valence-electron chi connectivity index (χ3n) is 3.86. The summed E-state index contributed by atoms with van der Waals surface area (Å²) in [6.07, 6.45) is 3.63. The lowest BCUT2D eigenvalue weighted by molar-refractivity contribution is 0.458. The Labute approximate surface area is 126 Å². The summed E-state index contributed by atoms with van der Waals surface area (Å²) in [4.78, 5) is 4.08. The van der Waals surface area contributed by atoms with E-state index < -0.39 is 0 Å². The van der Waals surface area contributed by atoms with Crippen molar-refractivity contribution in [2.75, 3.05) is 6.54 Å². The lowest BCUT2D eigenvalue weighted by Crippen LogP contribution is -2.34. The van der Waals surface area contributed by atoms with Crippen LogP contribution in [0.3, 0.4) is 0 Å². The van der Waals surface area contributed by atoms with Crippen LogP contribution in [-0.4, -0.2) is 26.3 Å². The predicted octanol–water partition coefficient (Wildman–Crippen LogP) is 2.40. The van der Waals surface area contributed by atoms with Crippen LogP contribution in [0.2, 0.25) is 0 Å². The van der Waals surface area contributed by atoms with Gasteiger partial charge in [0.1, 0.15) is 0 Å². The number of pyridine rings is 1. The smallest absolute Gasteiger partial charge is 0.165 e. The summed E-state index contributed by atoms with van der Waals surface area (Å²) in [6, 6.07) is 4.14. The molecule has 0 aliphatic carbocycles. The average Bonchev–Trinajstić information content (AvgIpc) is 3.13. The number of thiophene rings is 1. The topological polar surface area (TPSA) is 55.6 Å². The fourth-order valence-corrected chi connectivity index (χ4v) is 3.60. The maximum Gasteiger partial charge on any atom is 0.165 e. The molecule has 4 rings (SSSR count). The van der Waals surface area contributed by atoms with Gasteiger partial charge in [-0.05, 0) is 35.6 Å². The molecule has 0 bridgehead atoms. The molecule has 0 amide bonds. The molecule has 1 aliphatic heterocycles. The Morgan fingerprint density at radius 2 is 2.10 bits per heavy atom. The molecule has 1 aliphatic rings. The Bertz CT molecular complexity index is 761. The molecular weight excluding hydrogens is 282 g/mol. The van der Waals surface area contributed by atoms with Crippen molar-refractivity contribution < 1.29 is 0 Å². The first kappa shape index (κ1) is 12.7. The molecule has 3 aromatic heterocycles. The summed E-state index contributed by atoms with van der Waals surface area (Å²) in [5.74, 6) is 1.96. The summed E-state index contributed by atoms with van der Waals surface area (Å²) in [5, 5.41) is 16.7. The average molecular weight is 297 g/mol. The highest BCUT2D eigenvalue weighted by Crippen LogP contribution is 2.30. The molecule has 0 aromatic carbocycles. The summed E-state index contributed by atoms with van der Waals surface area (Å²) in [7, 11) is 0.